The van der Waals surface area contributed by atoms with E-state index in [-0.39, 0.29) is 6.61 Å². The topological polar surface area (TPSA) is 69.6 Å². The van der Waals surface area contributed by atoms with Crippen LogP contribution in [-0.4, -0.2) is 34.9 Å². The van der Waals surface area contributed by atoms with Crippen molar-refractivity contribution in [2.45, 2.75) is 33.2 Å². The second-order valence-corrected chi connectivity index (χ2v) is 4.58. The summed E-state index contributed by atoms with van der Waals surface area (Å²) >= 11 is 0. The first-order valence-electron chi connectivity index (χ1n) is 4.30. The lowest BCUT2D eigenvalue weighted by molar-refractivity contribution is -0.146. The van der Waals surface area contributed by atoms with Crippen LogP contribution in [0.5, 0.6) is 0 Å². The monoisotopic (exact) mass is 189 g/mol. The summed E-state index contributed by atoms with van der Waals surface area (Å²) < 4.78 is 0. The Bertz CT molecular complexity index is 187. The molecule has 0 fully saturated rings. The van der Waals surface area contributed by atoms with Crippen LogP contribution in [0.15, 0.2) is 0 Å². The number of hydrogen-bond donors (Lipinski definition) is 3. The Labute approximate surface area is 79.0 Å². The maximum atomic E-state index is 10.7. The molecule has 0 amide bonds. The van der Waals surface area contributed by atoms with Gasteiger partial charge in [0.15, 0.2) is 0 Å². The molecule has 0 aromatic rings. The van der Waals surface area contributed by atoms with E-state index in [0.717, 1.165) is 0 Å². The van der Waals surface area contributed by atoms with Gasteiger partial charge >= 0.3 is 5.97 Å². The van der Waals surface area contributed by atoms with Crippen molar-refractivity contribution in [2.75, 3.05) is 13.2 Å². The summed E-state index contributed by atoms with van der Waals surface area (Å²) in [4.78, 5) is 10.7. The molecule has 0 atom stereocenters. The van der Waals surface area contributed by atoms with Crippen molar-refractivity contribution in [3.63, 3.8) is 0 Å². The van der Waals surface area contributed by atoms with Gasteiger partial charge in [-0.1, -0.05) is 0 Å². The third-order valence-corrected chi connectivity index (χ3v) is 1.98. The van der Waals surface area contributed by atoms with Crippen molar-refractivity contribution < 1.29 is 15.0 Å². The lowest BCUT2D eigenvalue weighted by atomic mass is 9.92. The molecular weight excluding hydrogens is 170 g/mol. The molecule has 0 spiro atoms. The molecular formula is C9H19NO3. The van der Waals surface area contributed by atoms with Gasteiger partial charge in [0, 0.05) is 12.1 Å². The summed E-state index contributed by atoms with van der Waals surface area (Å²) in [5.41, 5.74) is -1.22. The van der Waals surface area contributed by atoms with Gasteiger partial charge < -0.3 is 15.5 Å². The highest BCUT2D eigenvalue weighted by molar-refractivity contribution is 5.73. The van der Waals surface area contributed by atoms with E-state index in [4.69, 9.17) is 10.2 Å². The van der Waals surface area contributed by atoms with Crippen LogP contribution in [0.4, 0.5) is 0 Å². The standard InChI is InChI=1S/C9H19NO3/c1-8(2,7(12)13)5-10-9(3,4)6-11/h10-11H,5-6H2,1-4H3,(H,12,13). The van der Waals surface area contributed by atoms with E-state index < -0.39 is 16.9 Å². The van der Waals surface area contributed by atoms with E-state index in [1.54, 1.807) is 13.8 Å². The molecule has 3 N–H and O–H groups in total. The molecule has 0 aromatic heterocycles. The number of aliphatic hydroxyl groups excluding tert-OH is 1. The molecule has 4 nitrogen and oxygen atoms in total. The van der Waals surface area contributed by atoms with Gasteiger partial charge in [-0.05, 0) is 27.7 Å². The highest BCUT2D eigenvalue weighted by Gasteiger charge is 2.29. The first-order chi connectivity index (χ1) is 5.71. The summed E-state index contributed by atoms with van der Waals surface area (Å²) in [5.74, 6) is -0.839. The molecule has 78 valence electrons. The summed E-state index contributed by atoms with van der Waals surface area (Å²) in [6, 6.07) is 0. The van der Waals surface area contributed by atoms with Crippen LogP contribution in [-0.2, 0) is 4.79 Å². The number of carboxylic acids is 1. The highest BCUT2D eigenvalue weighted by atomic mass is 16.4. The minimum Gasteiger partial charge on any atom is -0.481 e. The van der Waals surface area contributed by atoms with Gasteiger partial charge in [-0.2, -0.15) is 0 Å². The van der Waals surface area contributed by atoms with Gasteiger partial charge in [-0.15, -0.1) is 0 Å². The largest absolute Gasteiger partial charge is 0.481 e. The maximum absolute atomic E-state index is 10.7. The minimum absolute atomic E-state index is 0.0112. The molecule has 0 rings (SSSR count). The van der Waals surface area contributed by atoms with Crippen molar-refractivity contribution in [3.8, 4) is 0 Å². The Balaban J connectivity index is 4.09. The Morgan fingerprint density at radius 3 is 2.08 bits per heavy atom. The fourth-order valence-corrected chi connectivity index (χ4v) is 0.592. The molecule has 0 aliphatic carbocycles. The first kappa shape index (κ1) is 12.4. The molecule has 0 heterocycles. The fraction of sp³-hybridized carbons (Fsp3) is 0.889. The van der Waals surface area contributed by atoms with Gasteiger partial charge in [0.2, 0.25) is 0 Å². The lowest BCUT2D eigenvalue weighted by Crippen LogP contribution is -2.48. The highest BCUT2D eigenvalue weighted by Crippen LogP contribution is 2.15. The van der Waals surface area contributed by atoms with Crippen LogP contribution in [0.25, 0.3) is 0 Å². The average molecular weight is 189 g/mol. The normalized spacial score (nSPS) is 13.0. The van der Waals surface area contributed by atoms with Gasteiger partial charge in [-0.25, -0.2) is 0 Å². The molecule has 0 aliphatic rings. The maximum Gasteiger partial charge on any atom is 0.310 e. The van der Waals surface area contributed by atoms with Crippen molar-refractivity contribution in [1.82, 2.24) is 5.32 Å². The minimum atomic E-state index is -0.839. The molecule has 4 heteroatoms. The molecule has 0 aromatic carbocycles. The Hall–Kier alpha value is -0.610. The van der Waals surface area contributed by atoms with Crippen molar-refractivity contribution >= 4 is 5.97 Å². The van der Waals surface area contributed by atoms with E-state index in [1.165, 1.54) is 0 Å². The molecule has 0 aliphatic heterocycles. The van der Waals surface area contributed by atoms with Crippen LogP contribution < -0.4 is 5.32 Å². The number of carboxylic acid groups (broad SMARTS) is 1. The van der Waals surface area contributed by atoms with E-state index in [9.17, 15) is 4.79 Å². The van der Waals surface area contributed by atoms with Crippen LogP contribution in [0.3, 0.4) is 0 Å². The Morgan fingerprint density at radius 1 is 1.31 bits per heavy atom. The van der Waals surface area contributed by atoms with Crippen molar-refractivity contribution in [1.29, 1.82) is 0 Å². The van der Waals surface area contributed by atoms with E-state index in [0.29, 0.717) is 6.54 Å². The molecule has 0 unspecified atom stereocenters. The van der Waals surface area contributed by atoms with E-state index in [1.807, 2.05) is 13.8 Å². The van der Waals surface area contributed by atoms with Crippen molar-refractivity contribution in [2.24, 2.45) is 5.41 Å². The van der Waals surface area contributed by atoms with Crippen LogP contribution in [0, 0.1) is 5.41 Å². The number of rotatable bonds is 5. The lowest BCUT2D eigenvalue weighted by Gasteiger charge is -2.28. The molecule has 0 saturated carbocycles. The number of aliphatic hydroxyl groups is 1. The Morgan fingerprint density at radius 2 is 1.77 bits per heavy atom. The molecule has 0 saturated heterocycles. The van der Waals surface area contributed by atoms with Gasteiger partial charge in [0.1, 0.15) is 0 Å². The zero-order valence-corrected chi connectivity index (χ0v) is 8.72. The second kappa shape index (κ2) is 4.07. The summed E-state index contributed by atoms with van der Waals surface area (Å²) in [5, 5.41) is 20.7. The predicted molar refractivity (Wildman–Crippen MR) is 50.6 cm³/mol. The van der Waals surface area contributed by atoms with E-state index in [2.05, 4.69) is 5.32 Å². The average Bonchev–Trinajstić information content (AvgIpc) is 2.01. The summed E-state index contributed by atoms with van der Waals surface area (Å²) in [7, 11) is 0. The van der Waals surface area contributed by atoms with Gasteiger partial charge in [0.25, 0.3) is 0 Å². The summed E-state index contributed by atoms with van der Waals surface area (Å²) in [6.07, 6.45) is 0. The fourth-order valence-electron chi connectivity index (χ4n) is 0.592. The van der Waals surface area contributed by atoms with Crippen LogP contribution in [0.1, 0.15) is 27.7 Å². The van der Waals surface area contributed by atoms with E-state index >= 15 is 0 Å². The van der Waals surface area contributed by atoms with Gasteiger partial charge in [-0.3, -0.25) is 4.79 Å². The summed E-state index contributed by atoms with van der Waals surface area (Å²) in [6.45, 7) is 7.28. The number of carbonyl (C=O) groups is 1. The van der Waals surface area contributed by atoms with Crippen LogP contribution >= 0.6 is 0 Å². The van der Waals surface area contributed by atoms with Gasteiger partial charge in [0.05, 0.1) is 12.0 Å². The SMILES string of the molecule is CC(C)(CO)NCC(C)(C)C(=O)O. The quantitative estimate of drug-likeness (QED) is 0.587. The zero-order valence-electron chi connectivity index (χ0n) is 8.72. The zero-order chi connectivity index (χ0) is 10.7. The third kappa shape index (κ3) is 4.24. The second-order valence-electron chi connectivity index (χ2n) is 4.58. The first-order valence-corrected chi connectivity index (χ1v) is 4.30. The van der Waals surface area contributed by atoms with Crippen LogP contribution in [0.2, 0.25) is 0 Å². The number of hydrogen-bond acceptors (Lipinski definition) is 3. The Kier molecular flexibility index (Phi) is 3.88. The molecule has 0 radical (unpaired) electrons. The smallest absolute Gasteiger partial charge is 0.310 e. The number of nitrogens with one attached hydrogen (secondary N) is 1. The molecule has 13 heavy (non-hydrogen) atoms. The van der Waals surface area contributed by atoms with Crippen molar-refractivity contribution in [3.05, 3.63) is 0 Å². The number of aliphatic carboxylic acids is 1. The predicted octanol–water partition coefficient (Wildman–Crippen LogP) is 0.458. The molecule has 0 bridgehead atoms. The third-order valence-electron chi connectivity index (χ3n) is 1.98.